The highest BCUT2D eigenvalue weighted by Gasteiger charge is 2.60. The van der Waals surface area contributed by atoms with Crippen molar-refractivity contribution in [3.63, 3.8) is 0 Å². The molecule has 0 spiro atoms. The molecule has 1 N–H and O–H groups in total. The third-order valence-electron chi connectivity index (χ3n) is 8.52. The van der Waals surface area contributed by atoms with Crippen LogP contribution in [0.2, 0.25) is 0 Å². The van der Waals surface area contributed by atoms with Crippen LogP contribution in [0.5, 0.6) is 0 Å². The number of likely N-dealkylation sites (tertiary alicyclic amines) is 2. The van der Waals surface area contributed by atoms with Gasteiger partial charge in [0, 0.05) is 42.4 Å². The molecule has 0 amide bonds. The van der Waals surface area contributed by atoms with Gasteiger partial charge in [-0.15, -0.1) is 11.3 Å². The van der Waals surface area contributed by atoms with Gasteiger partial charge in [0.05, 0.1) is 24.8 Å². The van der Waals surface area contributed by atoms with E-state index in [1.165, 1.54) is 28.4 Å². The smallest absolute Gasteiger partial charge is 0.345 e. The second kappa shape index (κ2) is 12.9. The van der Waals surface area contributed by atoms with Gasteiger partial charge in [-0.2, -0.15) is 0 Å². The lowest BCUT2D eigenvalue weighted by atomic mass is 9.92. The van der Waals surface area contributed by atoms with E-state index in [1.54, 1.807) is 45.6 Å². The van der Waals surface area contributed by atoms with Crippen molar-refractivity contribution in [2.45, 2.75) is 90.2 Å². The first-order chi connectivity index (χ1) is 21.9. The van der Waals surface area contributed by atoms with E-state index < -0.39 is 66.2 Å². The predicted molar refractivity (Wildman–Crippen MR) is 170 cm³/mol. The van der Waals surface area contributed by atoms with Crippen LogP contribution < -0.4 is 5.32 Å². The molecule has 14 heteroatoms. The van der Waals surface area contributed by atoms with Crippen LogP contribution in [0.25, 0.3) is 0 Å². The first kappa shape index (κ1) is 35.0. The van der Waals surface area contributed by atoms with Gasteiger partial charge in [-0.25, -0.2) is 32.1 Å². The molecule has 47 heavy (non-hydrogen) atoms. The number of benzene rings is 1. The lowest BCUT2D eigenvalue weighted by Gasteiger charge is -2.33. The number of carbonyl (C=O) groups is 2. The first-order valence-corrected chi connectivity index (χ1v) is 16.5. The van der Waals surface area contributed by atoms with Gasteiger partial charge in [0.2, 0.25) is 5.67 Å². The summed E-state index contributed by atoms with van der Waals surface area (Å²) in [7, 11) is 0. The number of thiazole rings is 1. The van der Waals surface area contributed by atoms with E-state index in [2.05, 4.69) is 10.3 Å². The quantitative estimate of drug-likeness (QED) is 0.283. The van der Waals surface area contributed by atoms with Crippen molar-refractivity contribution < 1.29 is 36.6 Å². The predicted octanol–water partition coefficient (Wildman–Crippen LogP) is 5.27. The van der Waals surface area contributed by atoms with Gasteiger partial charge in [0.1, 0.15) is 17.5 Å². The Morgan fingerprint density at radius 1 is 1.17 bits per heavy atom. The van der Waals surface area contributed by atoms with Crippen LogP contribution in [0, 0.1) is 19.7 Å². The van der Waals surface area contributed by atoms with Crippen molar-refractivity contribution in [1.29, 1.82) is 0 Å². The summed E-state index contributed by atoms with van der Waals surface area (Å²) >= 11 is 1.32. The standard InChI is InChI=1S/C33H41F4N5O4S/c1-8-45-29(43)24-22(39-27(28-38-18(2)15-47-28)40-25(24)20-10-9-11-21(34)19(20)3)14-42-17-33(36,37)26-23(42)12-13-41(26)16-32(7,35)30(44)46-31(4,5)6/h9-11,15,23,25-26H,8,12-14,16-17H2,1-7H3,(H,39,40)/t23-,25-,26+,32?/m0/s1. The number of nitrogens with zero attached hydrogens (tertiary/aromatic N) is 4. The van der Waals surface area contributed by atoms with Gasteiger partial charge < -0.3 is 14.8 Å². The van der Waals surface area contributed by atoms with Crippen LogP contribution in [-0.4, -0.2) is 94.6 Å². The van der Waals surface area contributed by atoms with E-state index in [0.717, 1.165) is 12.6 Å². The molecule has 0 aliphatic carbocycles. The van der Waals surface area contributed by atoms with Crippen molar-refractivity contribution in [3.05, 3.63) is 62.5 Å². The summed E-state index contributed by atoms with van der Waals surface area (Å²) in [4.78, 5) is 38.4. The van der Waals surface area contributed by atoms with Crippen LogP contribution in [0.15, 0.2) is 39.8 Å². The molecule has 1 aromatic heterocycles. The van der Waals surface area contributed by atoms with Crippen molar-refractivity contribution in [2.24, 2.45) is 4.99 Å². The Morgan fingerprint density at radius 2 is 1.89 bits per heavy atom. The molecule has 2 aromatic rings. The number of alkyl halides is 3. The maximum absolute atomic E-state index is 15.8. The lowest BCUT2D eigenvalue weighted by molar-refractivity contribution is -0.170. The highest BCUT2D eigenvalue weighted by Crippen LogP contribution is 2.44. The largest absolute Gasteiger partial charge is 0.463 e. The molecular weight excluding hydrogens is 638 g/mol. The number of aryl methyl sites for hydroxylation is 1. The van der Waals surface area contributed by atoms with Gasteiger partial charge in [0.15, 0.2) is 10.8 Å². The third kappa shape index (κ3) is 7.24. The van der Waals surface area contributed by atoms with E-state index in [4.69, 9.17) is 14.5 Å². The zero-order valence-corrected chi connectivity index (χ0v) is 28.4. The number of rotatable bonds is 9. The molecule has 0 saturated carbocycles. The van der Waals surface area contributed by atoms with E-state index >= 15 is 13.2 Å². The Bertz CT molecular complexity index is 1600. The second-order valence-corrected chi connectivity index (χ2v) is 14.4. The Morgan fingerprint density at radius 3 is 2.53 bits per heavy atom. The summed E-state index contributed by atoms with van der Waals surface area (Å²) < 4.78 is 72.8. The first-order valence-electron chi connectivity index (χ1n) is 15.6. The second-order valence-electron chi connectivity index (χ2n) is 13.5. The van der Waals surface area contributed by atoms with Gasteiger partial charge >= 0.3 is 11.9 Å². The van der Waals surface area contributed by atoms with Crippen molar-refractivity contribution in [1.82, 2.24) is 20.1 Å². The zero-order valence-electron chi connectivity index (χ0n) is 27.6. The fourth-order valence-corrected chi connectivity index (χ4v) is 7.27. The molecule has 4 atom stereocenters. The molecule has 256 valence electrons. The van der Waals surface area contributed by atoms with E-state index in [0.29, 0.717) is 16.4 Å². The molecule has 2 saturated heterocycles. The molecule has 0 radical (unpaired) electrons. The number of amidine groups is 1. The molecule has 2 fully saturated rings. The number of hydrogen-bond acceptors (Lipinski definition) is 10. The zero-order chi connectivity index (χ0) is 34.5. The average molecular weight is 680 g/mol. The number of ether oxygens (including phenoxy) is 2. The summed E-state index contributed by atoms with van der Waals surface area (Å²) in [5, 5.41) is 5.54. The fourth-order valence-electron chi connectivity index (χ4n) is 6.52. The van der Waals surface area contributed by atoms with Crippen molar-refractivity contribution in [3.8, 4) is 0 Å². The highest BCUT2D eigenvalue weighted by atomic mass is 32.1. The van der Waals surface area contributed by atoms with Gasteiger partial charge in [-0.1, -0.05) is 12.1 Å². The number of halogens is 4. The number of fused-ring (bicyclic) bond motifs is 1. The monoisotopic (exact) mass is 679 g/mol. The number of nitrogens with one attached hydrogen (secondary N) is 1. The molecule has 1 aromatic carbocycles. The van der Waals surface area contributed by atoms with Crippen LogP contribution in [0.3, 0.4) is 0 Å². The SMILES string of the molecule is CCOC(=O)C1=C(CN2CC(F)(F)[C@H]3[C@@H]2CCN3CC(C)(F)C(=O)OC(C)(C)C)NC(c2nc(C)cs2)=N[C@H]1c1cccc(F)c1C. The van der Waals surface area contributed by atoms with Crippen molar-refractivity contribution in [2.75, 3.05) is 32.8 Å². The minimum atomic E-state index is -3.26. The molecule has 0 bridgehead atoms. The summed E-state index contributed by atoms with van der Waals surface area (Å²) in [6.07, 6.45) is 0.283. The molecule has 3 aliphatic heterocycles. The fraction of sp³-hybridized carbons (Fsp3) is 0.576. The molecular formula is C33H41F4N5O4S. The van der Waals surface area contributed by atoms with Gasteiger partial charge in [-0.3, -0.25) is 14.8 Å². The number of hydrogen-bond donors (Lipinski definition) is 1. The molecule has 3 aliphatic rings. The summed E-state index contributed by atoms with van der Waals surface area (Å²) in [5.41, 5.74) is -1.62. The van der Waals surface area contributed by atoms with E-state index in [1.807, 2.05) is 12.3 Å². The average Bonchev–Trinajstić information content (AvgIpc) is 3.65. The summed E-state index contributed by atoms with van der Waals surface area (Å²) in [6, 6.07) is 1.43. The molecule has 5 rings (SSSR count). The van der Waals surface area contributed by atoms with Crippen LogP contribution in [-0.2, 0) is 19.1 Å². The third-order valence-corrected chi connectivity index (χ3v) is 9.49. The number of aromatic nitrogens is 1. The maximum Gasteiger partial charge on any atom is 0.345 e. The summed E-state index contributed by atoms with van der Waals surface area (Å²) in [5.74, 6) is -5.23. The molecule has 1 unspecified atom stereocenters. The highest BCUT2D eigenvalue weighted by molar-refractivity contribution is 7.11. The minimum absolute atomic E-state index is 0.0494. The molecule has 4 heterocycles. The van der Waals surface area contributed by atoms with E-state index in [9.17, 15) is 14.0 Å². The normalized spacial score (nSPS) is 24.4. The topological polar surface area (TPSA) is 96.4 Å². The van der Waals surface area contributed by atoms with Gasteiger partial charge in [-0.05, 0) is 72.1 Å². The van der Waals surface area contributed by atoms with E-state index in [-0.39, 0.29) is 43.0 Å². The van der Waals surface area contributed by atoms with Gasteiger partial charge in [0.25, 0.3) is 5.92 Å². The Balaban J connectivity index is 1.50. The summed E-state index contributed by atoms with van der Waals surface area (Å²) in [6.45, 7) is 9.80. The Hall–Kier alpha value is -3.36. The van der Waals surface area contributed by atoms with Crippen LogP contribution in [0.1, 0.15) is 68.9 Å². The number of carbonyl (C=O) groups excluding carboxylic acids is 2. The van der Waals surface area contributed by atoms with Crippen LogP contribution in [0.4, 0.5) is 17.6 Å². The molecule has 9 nitrogen and oxygen atoms in total. The maximum atomic E-state index is 15.8. The van der Waals surface area contributed by atoms with Crippen molar-refractivity contribution >= 4 is 29.1 Å². The Kier molecular flexibility index (Phi) is 9.61. The minimum Gasteiger partial charge on any atom is -0.463 e. The Labute approximate surface area is 276 Å². The number of aliphatic imine (C=N–C) groups is 1. The lowest BCUT2D eigenvalue weighted by Crippen LogP contribution is -2.52. The van der Waals surface area contributed by atoms with Crippen LogP contribution >= 0.6 is 11.3 Å². The number of esters is 2.